The van der Waals surface area contributed by atoms with Crippen LogP contribution >= 0.6 is 15.9 Å². The highest BCUT2D eigenvalue weighted by molar-refractivity contribution is 9.10. The monoisotopic (exact) mass is 310 g/mol. The third-order valence-corrected chi connectivity index (χ3v) is 3.83. The number of halogens is 1. The van der Waals surface area contributed by atoms with Gasteiger partial charge in [-0.1, -0.05) is 34.1 Å². The van der Waals surface area contributed by atoms with Crippen molar-refractivity contribution in [1.29, 1.82) is 0 Å². The zero-order valence-corrected chi connectivity index (χ0v) is 12.2. The van der Waals surface area contributed by atoms with Gasteiger partial charge in [0.15, 0.2) is 0 Å². The van der Waals surface area contributed by atoms with Gasteiger partial charge in [0, 0.05) is 23.5 Å². The van der Waals surface area contributed by atoms with Gasteiger partial charge in [0.25, 0.3) is 0 Å². The molecule has 1 atom stereocenters. The summed E-state index contributed by atoms with van der Waals surface area (Å²) in [5.41, 5.74) is 1.11. The summed E-state index contributed by atoms with van der Waals surface area (Å²) < 4.78 is 1.04. The van der Waals surface area contributed by atoms with Crippen LogP contribution < -0.4 is 10.6 Å². The molecule has 1 saturated carbocycles. The molecule has 4 heteroatoms. The molecular weight excluding hydrogens is 292 g/mol. The van der Waals surface area contributed by atoms with Crippen LogP contribution in [0.15, 0.2) is 28.7 Å². The molecule has 18 heavy (non-hydrogen) atoms. The summed E-state index contributed by atoms with van der Waals surface area (Å²) in [4.78, 5) is 11.8. The van der Waals surface area contributed by atoms with E-state index in [1.165, 1.54) is 12.8 Å². The second-order valence-electron chi connectivity index (χ2n) is 4.79. The molecule has 0 saturated heterocycles. The minimum Gasteiger partial charge on any atom is -0.350 e. The Morgan fingerprint density at radius 2 is 2.17 bits per heavy atom. The smallest absolute Gasteiger partial charge is 0.221 e. The third-order valence-electron chi connectivity index (χ3n) is 3.11. The van der Waals surface area contributed by atoms with Crippen molar-refractivity contribution in [1.82, 2.24) is 10.6 Å². The van der Waals surface area contributed by atoms with Crippen LogP contribution in [-0.4, -0.2) is 18.5 Å². The van der Waals surface area contributed by atoms with E-state index in [0.717, 1.165) is 16.6 Å². The number of hydrogen-bond acceptors (Lipinski definition) is 2. The molecule has 2 N–H and O–H groups in total. The first-order valence-electron chi connectivity index (χ1n) is 6.44. The minimum atomic E-state index is 0.0361. The van der Waals surface area contributed by atoms with E-state index in [0.29, 0.717) is 12.5 Å². The molecule has 1 aliphatic carbocycles. The van der Waals surface area contributed by atoms with E-state index >= 15 is 0 Å². The van der Waals surface area contributed by atoms with Gasteiger partial charge in [0.2, 0.25) is 5.91 Å². The van der Waals surface area contributed by atoms with Crippen molar-refractivity contribution in [3.05, 3.63) is 34.3 Å². The predicted octanol–water partition coefficient (Wildman–Crippen LogP) is 2.77. The summed E-state index contributed by atoms with van der Waals surface area (Å²) in [6.45, 7) is 2.78. The summed E-state index contributed by atoms with van der Waals surface area (Å²) in [5.74, 6) is 0.103. The van der Waals surface area contributed by atoms with Gasteiger partial charge in [-0.05, 0) is 31.4 Å². The first-order valence-corrected chi connectivity index (χ1v) is 7.23. The molecular formula is C14H19BrN2O. The van der Waals surface area contributed by atoms with Crippen molar-refractivity contribution < 1.29 is 4.79 Å². The second-order valence-corrected chi connectivity index (χ2v) is 5.64. The normalized spacial score (nSPS) is 16.3. The number of hydrogen-bond donors (Lipinski definition) is 2. The quantitative estimate of drug-likeness (QED) is 0.848. The summed E-state index contributed by atoms with van der Waals surface area (Å²) in [7, 11) is 0. The van der Waals surface area contributed by atoms with Crippen molar-refractivity contribution >= 4 is 21.8 Å². The zero-order chi connectivity index (χ0) is 13.0. The number of benzene rings is 1. The van der Waals surface area contributed by atoms with Crippen LogP contribution in [0.2, 0.25) is 0 Å². The lowest BCUT2D eigenvalue weighted by molar-refractivity contribution is -0.121. The van der Waals surface area contributed by atoms with E-state index in [9.17, 15) is 4.79 Å². The number of carbonyl (C=O) groups excluding carboxylic acids is 1. The molecule has 1 amide bonds. The molecule has 0 heterocycles. The zero-order valence-electron chi connectivity index (χ0n) is 10.6. The van der Waals surface area contributed by atoms with Gasteiger partial charge in [0.1, 0.15) is 0 Å². The fourth-order valence-corrected chi connectivity index (χ4v) is 2.52. The van der Waals surface area contributed by atoms with Gasteiger partial charge >= 0.3 is 0 Å². The first-order chi connectivity index (χ1) is 8.66. The number of amides is 1. The Hall–Kier alpha value is -0.870. The van der Waals surface area contributed by atoms with E-state index < -0.39 is 0 Å². The lowest BCUT2D eigenvalue weighted by Crippen LogP contribution is -2.30. The molecule has 1 aliphatic rings. The van der Waals surface area contributed by atoms with Crippen LogP contribution in [0.4, 0.5) is 0 Å². The molecule has 0 aromatic heterocycles. The molecule has 0 spiro atoms. The maximum Gasteiger partial charge on any atom is 0.221 e. The largest absolute Gasteiger partial charge is 0.350 e. The van der Waals surface area contributed by atoms with Gasteiger partial charge < -0.3 is 10.6 Å². The van der Waals surface area contributed by atoms with Crippen molar-refractivity contribution in [2.75, 3.05) is 6.54 Å². The maximum atomic E-state index is 11.8. The third kappa shape index (κ3) is 4.10. The van der Waals surface area contributed by atoms with Crippen LogP contribution in [0.5, 0.6) is 0 Å². The van der Waals surface area contributed by atoms with E-state index in [1.807, 2.05) is 31.2 Å². The van der Waals surface area contributed by atoms with Crippen molar-refractivity contribution in [2.24, 2.45) is 0 Å². The molecule has 1 aromatic carbocycles. The number of rotatable bonds is 6. The van der Waals surface area contributed by atoms with E-state index in [4.69, 9.17) is 0 Å². The highest BCUT2D eigenvalue weighted by Gasteiger charge is 2.20. The van der Waals surface area contributed by atoms with Gasteiger partial charge in [-0.3, -0.25) is 4.79 Å². The van der Waals surface area contributed by atoms with Gasteiger partial charge in [0.05, 0.1) is 6.04 Å². The molecule has 0 unspecified atom stereocenters. The summed E-state index contributed by atoms with van der Waals surface area (Å²) in [6, 6.07) is 8.68. The highest BCUT2D eigenvalue weighted by atomic mass is 79.9. The van der Waals surface area contributed by atoms with Crippen molar-refractivity contribution in [3.63, 3.8) is 0 Å². The fraction of sp³-hybridized carbons (Fsp3) is 0.500. The van der Waals surface area contributed by atoms with E-state index in [-0.39, 0.29) is 11.9 Å². The second kappa shape index (κ2) is 6.34. The van der Waals surface area contributed by atoms with E-state index in [2.05, 4.69) is 26.6 Å². The molecule has 0 bridgehead atoms. The lowest BCUT2D eigenvalue weighted by Gasteiger charge is -2.16. The predicted molar refractivity (Wildman–Crippen MR) is 76.3 cm³/mol. The number of nitrogens with one attached hydrogen (secondary N) is 2. The summed E-state index contributed by atoms with van der Waals surface area (Å²) >= 11 is 3.50. The van der Waals surface area contributed by atoms with Crippen LogP contribution in [-0.2, 0) is 4.79 Å². The Balaban J connectivity index is 1.77. The van der Waals surface area contributed by atoms with Crippen LogP contribution in [0.3, 0.4) is 0 Å². The molecule has 3 nitrogen and oxygen atoms in total. The average Bonchev–Trinajstić information content (AvgIpc) is 3.13. The van der Waals surface area contributed by atoms with Crippen LogP contribution in [0, 0.1) is 0 Å². The topological polar surface area (TPSA) is 41.1 Å². The van der Waals surface area contributed by atoms with Gasteiger partial charge in [-0.15, -0.1) is 0 Å². The fourth-order valence-electron chi connectivity index (χ4n) is 1.89. The molecule has 0 radical (unpaired) electrons. The molecule has 98 valence electrons. The van der Waals surface area contributed by atoms with Crippen LogP contribution in [0.25, 0.3) is 0 Å². The first kappa shape index (κ1) is 13.6. The number of carbonyl (C=O) groups is 1. The Morgan fingerprint density at radius 1 is 1.44 bits per heavy atom. The standard InChI is InChI=1S/C14H19BrN2O/c1-10(12-4-2-3-5-13(12)15)17-14(18)8-9-16-11-6-7-11/h2-5,10-11,16H,6-9H2,1H3,(H,17,18)/t10-/m0/s1. The molecule has 1 fully saturated rings. The molecule has 1 aromatic rings. The Bertz CT molecular complexity index is 418. The summed E-state index contributed by atoms with van der Waals surface area (Å²) in [5, 5.41) is 6.36. The maximum absolute atomic E-state index is 11.8. The average molecular weight is 311 g/mol. The molecule has 0 aliphatic heterocycles. The van der Waals surface area contributed by atoms with Gasteiger partial charge in [-0.25, -0.2) is 0 Å². The van der Waals surface area contributed by atoms with Crippen LogP contribution in [0.1, 0.15) is 37.8 Å². The summed E-state index contributed by atoms with van der Waals surface area (Å²) in [6.07, 6.45) is 3.06. The Labute approximate surface area is 116 Å². The minimum absolute atomic E-state index is 0.0361. The van der Waals surface area contributed by atoms with Crippen molar-refractivity contribution in [3.8, 4) is 0 Å². The molecule has 2 rings (SSSR count). The Kier molecular flexibility index (Phi) is 4.78. The van der Waals surface area contributed by atoms with Crippen molar-refractivity contribution in [2.45, 2.75) is 38.3 Å². The van der Waals surface area contributed by atoms with Gasteiger partial charge in [-0.2, -0.15) is 0 Å². The SMILES string of the molecule is C[C@H](NC(=O)CCNC1CC1)c1ccccc1Br. The highest BCUT2D eigenvalue weighted by Crippen LogP contribution is 2.22. The Morgan fingerprint density at radius 3 is 2.83 bits per heavy atom. The van der Waals surface area contributed by atoms with E-state index in [1.54, 1.807) is 0 Å². The lowest BCUT2D eigenvalue weighted by atomic mass is 10.1.